The van der Waals surface area contributed by atoms with E-state index in [2.05, 4.69) is 4.98 Å². The maximum Gasteiger partial charge on any atom is 0.132 e. The Morgan fingerprint density at radius 1 is 1.15 bits per heavy atom. The largest absolute Gasteiger partial charge is 0.294 e. The number of hydrogen-bond donors (Lipinski definition) is 0. The van der Waals surface area contributed by atoms with E-state index >= 15 is 0 Å². The molecule has 5 rings (SSSR count). The van der Waals surface area contributed by atoms with Crippen LogP contribution in [0.2, 0.25) is 5.15 Å². The molecular formula is C19H15ClF2N4. The SMILES string of the molecule is CC(c1nc2ccc(Cl)nc2c2cc3c(F)cccc3n12)N1CC(F)C1. The van der Waals surface area contributed by atoms with Crippen molar-refractivity contribution in [3.8, 4) is 0 Å². The van der Waals surface area contributed by atoms with Crippen molar-refractivity contribution >= 4 is 39.1 Å². The van der Waals surface area contributed by atoms with Crippen LogP contribution >= 0.6 is 11.6 Å². The zero-order chi connectivity index (χ0) is 18.0. The van der Waals surface area contributed by atoms with E-state index in [4.69, 9.17) is 16.6 Å². The van der Waals surface area contributed by atoms with Gasteiger partial charge in [-0.05, 0) is 37.3 Å². The molecule has 4 aromatic rings. The Kier molecular flexibility index (Phi) is 3.42. The van der Waals surface area contributed by atoms with E-state index in [1.54, 1.807) is 18.2 Å². The van der Waals surface area contributed by atoms with Crippen LogP contribution in [0.1, 0.15) is 18.8 Å². The fourth-order valence-electron chi connectivity index (χ4n) is 3.71. The summed E-state index contributed by atoms with van der Waals surface area (Å²) in [6.07, 6.45) is -0.798. The van der Waals surface area contributed by atoms with Crippen molar-refractivity contribution < 1.29 is 8.78 Å². The third-order valence-electron chi connectivity index (χ3n) is 5.13. The van der Waals surface area contributed by atoms with Crippen LogP contribution in [0.15, 0.2) is 36.4 Å². The van der Waals surface area contributed by atoms with Crippen LogP contribution in [0.3, 0.4) is 0 Å². The first-order valence-electron chi connectivity index (χ1n) is 8.47. The van der Waals surface area contributed by atoms with Gasteiger partial charge in [0.05, 0.1) is 22.6 Å². The van der Waals surface area contributed by atoms with Gasteiger partial charge in [0.1, 0.15) is 28.5 Å². The third kappa shape index (κ3) is 2.22. The monoisotopic (exact) mass is 372 g/mol. The highest BCUT2D eigenvalue weighted by Crippen LogP contribution is 2.33. The molecule has 1 saturated heterocycles. The molecule has 1 aromatic carbocycles. The summed E-state index contributed by atoms with van der Waals surface area (Å²) in [4.78, 5) is 11.2. The summed E-state index contributed by atoms with van der Waals surface area (Å²) in [5.41, 5.74) is 2.77. The van der Waals surface area contributed by atoms with E-state index < -0.39 is 6.17 Å². The van der Waals surface area contributed by atoms with Gasteiger partial charge in [0.15, 0.2) is 0 Å². The van der Waals surface area contributed by atoms with Gasteiger partial charge in [0.25, 0.3) is 0 Å². The van der Waals surface area contributed by atoms with Crippen molar-refractivity contribution in [1.29, 1.82) is 0 Å². The summed E-state index contributed by atoms with van der Waals surface area (Å²) in [6.45, 7) is 2.76. The Bertz CT molecular complexity index is 1170. The molecule has 1 aliphatic rings. The van der Waals surface area contributed by atoms with Gasteiger partial charge in [-0.3, -0.25) is 9.30 Å². The molecule has 4 heterocycles. The first-order valence-corrected chi connectivity index (χ1v) is 8.84. The molecule has 4 nitrogen and oxygen atoms in total. The Hall–Kier alpha value is -2.31. The number of rotatable bonds is 2. The minimum absolute atomic E-state index is 0.108. The number of halogens is 3. The Morgan fingerprint density at radius 3 is 2.73 bits per heavy atom. The lowest BCUT2D eigenvalue weighted by molar-refractivity contribution is 0.0300. The second-order valence-electron chi connectivity index (χ2n) is 6.74. The smallest absolute Gasteiger partial charge is 0.132 e. The topological polar surface area (TPSA) is 33.4 Å². The summed E-state index contributed by atoms with van der Waals surface area (Å²) >= 11 is 6.08. The Labute approximate surface area is 153 Å². The molecule has 26 heavy (non-hydrogen) atoms. The predicted octanol–water partition coefficient (Wildman–Crippen LogP) is 4.54. The van der Waals surface area contributed by atoms with Crippen molar-refractivity contribution in [1.82, 2.24) is 19.3 Å². The summed E-state index contributed by atoms with van der Waals surface area (Å²) in [5.74, 6) is 0.442. The van der Waals surface area contributed by atoms with E-state index in [-0.39, 0.29) is 11.9 Å². The fourth-order valence-corrected chi connectivity index (χ4v) is 3.86. The summed E-state index contributed by atoms with van der Waals surface area (Å²) in [7, 11) is 0. The Balaban J connectivity index is 1.88. The highest BCUT2D eigenvalue weighted by molar-refractivity contribution is 6.29. The Morgan fingerprint density at radius 2 is 1.96 bits per heavy atom. The van der Waals surface area contributed by atoms with Crippen molar-refractivity contribution in [3.05, 3.63) is 53.2 Å². The second-order valence-corrected chi connectivity index (χ2v) is 7.12. The average molecular weight is 373 g/mol. The minimum atomic E-state index is -0.798. The van der Waals surface area contributed by atoms with E-state index in [1.165, 1.54) is 6.07 Å². The molecule has 3 aromatic heterocycles. The van der Waals surface area contributed by atoms with Gasteiger partial charge in [-0.15, -0.1) is 0 Å². The lowest BCUT2D eigenvalue weighted by Crippen LogP contribution is -2.49. The molecule has 0 saturated carbocycles. The molecule has 0 radical (unpaired) electrons. The number of alkyl halides is 1. The van der Waals surface area contributed by atoms with Crippen LogP contribution in [0.25, 0.3) is 27.5 Å². The lowest BCUT2D eigenvalue weighted by Gasteiger charge is -2.38. The van der Waals surface area contributed by atoms with Crippen molar-refractivity contribution in [3.63, 3.8) is 0 Å². The molecule has 1 aliphatic heterocycles. The molecular weight excluding hydrogens is 358 g/mol. The number of nitrogens with zero attached hydrogens (tertiary/aromatic N) is 4. The second kappa shape index (κ2) is 5.59. The molecule has 1 fully saturated rings. The molecule has 1 unspecified atom stereocenters. The number of hydrogen-bond acceptors (Lipinski definition) is 3. The van der Waals surface area contributed by atoms with Crippen molar-refractivity contribution in [2.45, 2.75) is 19.1 Å². The van der Waals surface area contributed by atoms with Crippen LogP contribution in [0.5, 0.6) is 0 Å². The van der Waals surface area contributed by atoms with E-state index in [1.807, 2.05) is 28.4 Å². The van der Waals surface area contributed by atoms with Gasteiger partial charge in [-0.1, -0.05) is 17.7 Å². The fraction of sp³-hybridized carbons (Fsp3) is 0.263. The zero-order valence-corrected chi connectivity index (χ0v) is 14.7. The highest BCUT2D eigenvalue weighted by Gasteiger charge is 2.33. The average Bonchev–Trinajstić information content (AvgIpc) is 2.99. The molecule has 132 valence electrons. The van der Waals surface area contributed by atoms with Gasteiger partial charge < -0.3 is 0 Å². The van der Waals surface area contributed by atoms with Gasteiger partial charge in [-0.25, -0.2) is 18.7 Å². The normalized spacial score (nSPS) is 17.2. The maximum absolute atomic E-state index is 14.4. The standard InChI is InChI=1S/C19H15ClF2N4/c1-10(25-8-11(21)9-25)19-23-14-5-6-17(20)24-18(14)16-7-12-13(22)3-2-4-15(12)26(16)19/h2-7,10-11H,8-9H2,1H3. The lowest BCUT2D eigenvalue weighted by atomic mass is 10.1. The summed E-state index contributed by atoms with van der Waals surface area (Å²) < 4.78 is 29.7. The van der Waals surface area contributed by atoms with E-state index in [0.717, 1.165) is 16.9 Å². The molecule has 0 spiro atoms. The van der Waals surface area contributed by atoms with Gasteiger partial charge >= 0.3 is 0 Å². The van der Waals surface area contributed by atoms with Gasteiger partial charge in [-0.2, -0.15) is 0 Å². The van der Waals surface area contributed by atoms with Crippen LogP contribution in [0, 0.1) is 5.82 Å². The quantitative estimate of drug-likeness (QED) is 0.484. The number of aromatic nitrogens is 3. The molecule has 0 amide bonds. The molecule has 7 heteroatoms. The number of fused-ring (bicyclic) bond motifs is 5. The first-order chi connectivity index (χ1) is 12.5. The van der Waals surface area contributed by atoms with E-state index in [0.29, 0.717) is 34.7 Å². The van der Waals surface area contributed by atoms with Crippen molar-refractivity contribution in [2.24, 2.45) is 0 Å². The summed E-state index contributed by atoms with van der Waals surface area (Å²) in [6, 6.07) is 10.1. The molecule has 0 N–H and O–H groups in total. The maximum atomic E-state index is 14.4. The summed E-state index contributed by atoms with van der Waals surface area (Å²) in [5, 5.41) is 0.861. The number of benzene rings is 1. The zero-order valence-electron chi connectivity index (χ0n) is 14.0. The van der Waals surface area contributed by atoms with Crippen molar-refractivity contribution in [2.75, 3.05) is 13.1 Å². The highest BCUT2D eigenvalue weighted by atomic mass is 35.5. The minimum Gasteiger partial charge on any atom is -0.294 e. The van der Waals surface area contributed by atoms with Crippen LogP contribution < -0.4 is 0 Å². The van der Waals surface area contributed by atoms with Crippen LogP contribution in [-0.4, -0.2) is 38.5 Å². The number of pyridine rings is 1. The van der Waals surface area contributed by atoms with Gasteiger partial charge in [0, 0.05) is 18.5 Å². The molecule has 1 atom stereocenters. The molecule has 0 aliphatic carbocycles. The van der Waals surface area contributed by atoms with E-state index in [9.17, 15) is 8.78 Å². The predicted molar refractivity (Wildman–Crippen MR) is 97.9 cm³/mol. The third-order valence-corrected chi connectivity index (χ3v) is 5.34. The first kappa shape index (κ1) is 15.9. The van der Waals surface area contributed by atoms with Crippen LogP contribution in [0.4, 0.5) is 8.78 Å². The number of likely N-dealkylation sites (tertiary alicyclic amines) is 1. The van der Waals surface area contributed by atoms with Gasteiger partial charge in [0.2, 0.25) is 0 Å². The van der Waals surface area contributed by atoms with Crippen LogP contribution in [-0.2, 0) is 0 Å². The molecule has 0 bridgehead atoms.